The van der Waals surface area contributed by atoms with Crippen LogP contribution >= 0.6 is 0 Å². The third-order valence-electron chi connectivity index (χ3n) is 3.63. The van der Waals surface area contributed by atoms with E-state index in [2.05, 4.69) is 10.0 Å². The van der Waals surface area contributed by atoms with Crippen molar-refractivity contribution < 1.29 is 27.5 Å². The van der Waals surface area contributed by atoms with E-state index < -0.39 is 21.9 Å². The summed E-state index contributed by atoms with van der Waals surface area (Å²) in [7, 11) is -3.81. The van der Waals surface area contributed by atoms with Crippen molar-refractivity contribution in [2.24, 2.45) is 0 Å². The van der Waals surface area contributed by atoms with Gasteiger partial charge in [-0.3, -0.25) is 9.59 Å². The SMILES string of the molecule is Cc1ccc(S(=O)(=O)NCc2ccco2)cc1C(=O)NCCCC(=O)O. The summed E-state index contributed by atoms with van der Waals surface area (Å²) in [6, 6.07) is 7.57. The lowest BCUT2D eigenvalue weighted by Crippen LogP contribution is -2.27. The molecule has 0 aliphatic heterocycles. The molecule has 1 aromatic carbocycles. The van der Waals surface area contributed by atoms with E-state index in [1.54, 1.807) is 25.1 Å². The maximum absolute atomic E-state index is 12.4. The van der Waals surface area contributed by atoms with Crippen LogP contribution in [0.3, 0.4) is 0 Å². The molecular formula is C17H20N2O6S. The number of sulfonamides is 1. The fraction of sp³-hybridized carbons (Fsp3) is 0.294. The van der Waals surface area contributed by atoms with E-state index >= 15 is 0 Å². The average molecular weight is 380 g/mol. The van der Waals surface area contributed by atoms with Crippen molar-refractivity contribution in [3.8, 4) is 0 Å². The number of carbonyl (C=O) groups excluding carboxylic acids is 1. The zero-order valence-corrected chi connectivity index (χ0v) is 15.0. The highest BCUT2D eigenvalue weighted by Crippen LogP contribution is 2.16. The number of benzene rings is 1. The lowest BCUT2D eigenvalue weighted by Gasteiger charge is -2.11. The molecule has 8 nitrogen and oxygen atoms in total. The van der Waals surface area contributed by atoms with Crippen molar-refractivity contribution in [2.45, 2.75) is 31.2 Å². The molecule has 0 saturated heterocycles. The zero-order chi connectivity index (χ0) is 19.2. The summed E-state index contributed by atoms with van der Waals surface area (Å²) in [6.45, 7) is 1.89. The lowest BCUT2D eigenvalue weighted by molar-refractivity contribution is -0.137. The number of nitrogens with one attached hydrogen (secondary N) is 2. The lowest BCUT2D eigenvalue weighted by atomic mass is 10.1. The van der Waals surface area contributed by atoms with Crippen LogP contribution in [0.25, 0.3) is 0 Å². The molecule has 0 aliphatic rings. The van der Waals surface area contributed by atoms with Gasteiger partial charge in [-0.25, -0.2) is 13.1 Å². The number of rotatable bonds is 9. The molecule has 0 spiro atoms. The Morgan fingerprint density at radius 1 is 1.23 bits per heavy atom. The monoisotopic (exact) mass is 380 g/mol. The first kappa shape index (κ1) is 19.7. The molecule has 9 heteroatoms. The summed E-state index contributed by atoms with van der Waals surface area (Å²) < 4.78 is 32.3. The van der Waals surface area contributed by atoms with E-state index in [4.69, 9.17) is 9.52 Å². The van der Waals surface area contributed by atoms with Crippen LogP contribution in [-0.2, 0) is 21.4 Å². The number of aryl methyl sites for hydroxylation is 1. The Morgan fingerprint density at radius 3 is 2.65 bits per heavy atom. The molecule has 0 radical (unpaired) electrons. The molecule has 0 atom stereocenters. The number of aliphatic carboxylic acids is 1. The molecule has 1 amide bonds. The third-order valence-corrected chi connectivity index (χ3v) is 5.03. The highest BCUT2D eigenvalue weighted by atomic mass is 32.2. The fourth-order valence-electron chi connectivity index (χ4n) is 2.21. The topological polar surface area (TPSA) is 126 Å². The second kappa shape index (κ2) is 8.63. The Hall–Kier alpha value is -2.65. The van der Waals surface area contributed by atoms with Gasteiger partial charge in [0.1, 0.15) is 5.76 Å². The van der Waals surface area contributed by atoms with E-state index in [9.17, 15) is 18.0 Å². The molecule has 0 fully saturated rings. The first-order valence-electron chi connectivity index (χ1n) is 7.92. The summed E-state index contributed by atoms with van der Waals surface area (Å²) >= 11 is 0. The van der Waals surface area contributed by atoms with Crippen molar-refractivity contribution in [3.05, 3.63) is 53.5 Å². The van der Waals surface area contributed by atoms with Crippen molar-refractivity contribution in [1.29, 1.82) is 0 Å². The molecule has 1 heterocycles. The average Bonchev–Trinajstić information content (AvgIpc) is 3.10. The summed E-state index contributed by atoms with van der Waals surface area (Å²) in [6.07, 6.45) is 1.69. The van der Waals surface area contributed by atoms with E-state index in [1.807, 2.05) is 0 Å². The Morgan fingerprint density at radius 2 is 2.00 bits per heavy atom. The van der Waals surface area contributed by atoms with Crippen LogP contribution < -0.4 is 10.0 Å². The number of hydrogen-bond donors (Lipinski definition) is 3. The van der Waals surface area contributed by atoms with Gasteiger partial charge >= 0.3 is 5.97 Å². The van der Waals surface area contributed by atoms with Gasteiger partial charge < -0.3 is 14.8 Å². The van der Waals surface area contributed by atoms with E-state index in [-0.39, 0.29) is 30.0 Å². The largest absolute Gasteiger partial charge is 0.481 e. The van der Waals surface area contributed by atoms with E-state index in [0.29, 0.717) is 17.7 Å². The zero-order valence-electron chi connectivity index (χ0n) is 14.2. The van der Waals surface area contributed by atoms with Gasteiger partial charge in [0, 0.05) is 18.5 Å². The van der Waals surface area contributed by atoms with Gasteiger partial charge in [0.2, 0.25) is 10.0 Å². The van der Waals surface area contributed by atoms with Crippen LogP contribution in [0.2, 0.25) is 0 Å². The van der Waals surface area contributed by atoms with Crippen LogP contribution in [0, 0.1) is 6.92 Å². The van der Waals surface area contributed by atoms with Crippen molar-refractivity contribution >= 4 is 21.9 Å². The van der Waals surface area contributed by atoms with Crippen LogP contribution in [0.15, 0.2) is 45.9 Å². The van der Waals surface area contributed by atoms with Crippen LogP contribution in [0.1, 0.15) is 34.5 Å². The number of hydrogen-bond acceptors (Lipinski definition) is 5. The van der Waals surface area contributed by atoms with E-state index in [1.165, 1.54) is 18.4 Å². The molecule has 2 aromatic rings. The van der Waals surface area contributed by atoms with E-state index in [0.717, 1.165) is 0 Å². The maximum Gasteiger partial charge on any atom is 0.303 e. The second-order valence-corrected chi connectivity index (χ2v) is 7.40. The van der Waals surface area contributed by atoms with Gasteiger partial charge in [0.05, 0.1) is 17.7 Å². The first-order chi connectivity index (χ1) is 12.3. The van der Waals surface area contributed by atoms with Crippen molar-refractivity contribution in [2.75, 3.05) is 6.54 Å². The third kappa shape index (κ3) is 5.43. The number of carboxylic acids is 1. The molecule has 0 saturated carbocycles. The maximum atomic E-state index is 12.4. The molecule has 26 heavy (non-hydrogen) atoms. The van der Waals surface area contributed by atoms with Gasteiger partial charge in [0.15, 0.2) is 0 Å². The molecular weight excluding hydrogens is 360 g/mol. The van der Waals surface area contributed by atoms with Gasteiger partial charge in [-0.2, -0.15) is 0 Å². The quantitative estimate of drug-likeness (QED) is 0.568. The molecule has 3 N–H and O–H groups in total. The number of carbonyl (C=O) groups is 2. The van der Waals surface area contributed by atoms with Crippen LogP contribution in [-0.4, -0.2) is 31.9 Å². The van der Waals surface area contributed by atoms with Crippen LogP contribution in [0.5, 0.6) is 0 Å². The summed E-state index contributed by atoms with van der Waals surface area (Å²) in [5.41, 5.74) is 0.840. The highest BCUT2D eigenvalue weighted by Gasteiger charge is 2.18. The summed E-state index contributed by atoms with van der Waals surface area (Å²) in [5.74, 6) is -0.917. The molecule has 2 rings (SSSR count). The minimum atomic E-state index is -3.81. The minimum absolute atomic E-state index is 0.0000715. The number of amides is 1. The standard InChI is InChI=1S/C17H20N2O6S/c1-12-6-7-14(26(23,24)19-11-13-4-3-9-25-13)10-15(12)17(22)18-8-2-5-16(20)21/h3-4,6-7,9-10,19H,2,5,8,11H2,1H3,(H,18,22)(H,20,21). The van der Waals surface area contributed by atoms with Gasteiger partial charge in [-0.05, 0) is 43.2 Å². The van der Waals surface area contributed by atoms with Crippen molar-refractivity contribution in [1.82, 2.24) is 10.0 Å². The number of furan rings is 1. The molecule has 0 unspecified atom stereocenters. The molecule has 0 bridgehead atoms. The van der Waals surface area contributed by atoms with Crippen molar-refractivity contribution in [3.63, 3.8) is 0 Å². The normalized spacial score (nSPS) is 11.3. The predicted octanol–water partition coefficient (Wildman–Crippen LogP) is 1.66. The van der Waals surface area contributed by atoms with Gasteiger partial charge in [-0.1, -0.05) is 6.07 Å². The predicted molar refractivity (Wildman–Crippen MR) is 93.1 cm³/mol. The minimum Gasteiger partial charge on any atom is -0.481 e. The smallest absolute Gasteiger partial charge is 0.303 e. The molecule has 0 aliphatic carbocycles. The second-order valence-electron chi connectivity index (χ2n) is 5.63. The molecule has 140 valence electrons. The Kier molecular flexibility index (Phi) is 6.53. The Bertz CT molecular complexity index is 875. The first-order valence-corrected chi connectivity index (χ1v) is 9.40. The number of carboxylic acid groups (broad SMARTS) is 1. The summed E-state index contributed by atoms with van der Waals surface area (Å²) in [5, 5.41) is 11.2. The van der Waals surface area contributed by atoms with Gasteiger partial charge in [0.25, 0.3) is 5.91 Å². The van der Waals surface area contributed by atoms with Gasteiger partial charge in [-0.15, -0.1) is 0 Å². The fourth-order valence-corrected chi connectivity index (χ4v) is 3.23. The summed E-state index contributed by atoms with van der Waals surface area (Å²) in [4.78, 5) is 22.7. The molecule has 1 aromatic heterocycles. The Labute approximate surface area is 151 Å². The Balaban J connectivity index is 2.07. The highest BCUT2D eigenvalue weighted by molar-refractivity contribution is 7.89. The van der Waals surface area contributed by atoms with Crippen LogP contribution in [0.4, 0.5) is 0 Å².